The highest BCUT2D eigenvalue weighted by molar-refractivity contribution is 5.58. The number of rotatable bonds is 2. The van der Waals surface area contributed by atoms with Gasteiger partial charge in [0.1, 0.15) is 0 Å². The van der Waals surface area contributed by atoms with Crippen LogP contribution < -0.4 is 0 Å². The maximum Gasteiger partial charge on any atom is 0.542 e. The maximum absolute atomic E-state index is 9.92. The molecule has 0 aliphatic rings. The molecule has 0 amide bonds. The van der Waals surface area contributed by atoms with Crippen LogP contribution in [0.15, 0.2) is 0 Å². The van der Waals surface area contributed by atoms with Crippen molar-refractivity contribution in [3.8, 4) is 0 Å². The second-order valence-corrected chi connectivity index (χ2v) is 0.772. The first-order valence-corrected chi connectivity index (χ1v) is 1.76. The fourth-order valence-corrected chi connectivity index (χ4v) is 0.0958. The van der Waals surface area contributed by atoms with Gasteiger partial charge in [-0.05, 0) is 5.04 Å². The lowest BCUT2D eigenvalue weighted by Gasteiger charge is -1.94. The molecule has 48 valence electrons. The van der Waals surface area contributed by atoms with E-state index in [9.17, 15) is 4.79 Å². The Balaban J connectivity index is 2.99. The maximum atomic E-state index is 9.92. The molecule has 0 spiro atoms. The molecule has 0 aliphatic carbocycles. The SMILES string of the molecule is COOOC(=O)OC. The zero-order chi connectivity index (χ0) is 6.41. The van der Waals surface area contributed by atoms with E-state index in [1.807, 2.05) is 0 Å². The fraction of sp³-hybridized carbons (Fsp3) is 0.667. The van der Waals surface area contributed by atoms with Crippen LogP contribution in [0.1, 0.15) is 0 Å². The van der Waals surface area contributed by atoms with Gasteiger partial charge in [0.05, 0.1) is 14.2 Å². The predicted octanol–water partition coefficient (Wildman–Crippen LogP) is 0.262. The average molecular weight is 122 g/mol. The minimum atomic E-state index is -0.952. The van der Waals surface area contributed by atoms with Crippen LogP contribution in [0.5, 0.6) is 0 Å². The van der Waals surface area contributed by atoms with Crippen molar-refractivity contribution in [2.45, 2.75) is 0 Å². The molecule has 0 rings (SSSR count). The molecule has 0 heterocycles. The van der Waals surface area contributed by atoms with E-state index in [1.165, 1.54) is 7.11 Å². The Labute approximate surface area is 45.9 Å². The molecule has 5 heteroatoms. The lowest BCUT2D eigenvalue weighted by Crippen LogP contribution is -2.03. The smallest absolute Gasteiger partial charge is 0.436 e. The van der Waals surface area contributed by atoms with Crippen molar-refractivity contribution in [2.75, 3.05) is 14.2 Å². The Morgan fingerprint density at radius 2 is 2.00 bits per heavy atom. The van der Waals surface area contributed by atoms with E-state index < -0.39 is 6.16 Å². The van der Waals surface area contributed by atoms with Gasteiger partial charge in [0, 0.05) is 0 Å². The first-order valence-electron chi connectivity index (χ1n) is 1.76. The highest BCUT2D eigenvalue weighted by Crippen LogP contribution is 1.81. The predicted molar refractivity (Wildman–Crippen MR) is 21.6 cm³/mol. The van der Waals surface area contributed by atoms with Gasteiger partial charge in [-0.25, -0.2) is 9.68 Å². The van der Waals surface area contributed by atoms with Gasteiger partial charge in [0.15, 0.2) is 0 Å². The monoisotopic (exact) mass is 122 g/mol. The molecular weight excluding hydrogens is 116 g/mol. The molecule has 0 N–H and O–H groups in total. The topological polar surface area (TPSA) is 54.0 Å². The van der Waals surface area contributed by atoms with Gasteiger partial charge in [-0.15, -0.1) is 0 Å². The summed E-state index contributed by atoms with van der Waals surface area (Å²) in [6.45, 7) is 0. The van der Waals surface area contributed by atoms with E-state index in [-0.39, 0.29) is 0 Å². The van der Waals surface area contributed by atoms with E-state index in [0.717, 1.165) is 7.11 Å². The summed E-state index contributed by atoms with van der Waals surface area (Å²) in [4.78, 5) is 17.6. The quantitative estimate of drug-likeness (QED) is 0.299. The van der Waals surface area contributed by atoms with E-state index >= 15 is 0 Å². The summed E-state index contributed by atoms with van der Waals surface area (Å²) in [5, 5.41) is 3.71. The summed E-state index contributed by atoms with van der Waals surface area (Å²) in [5.74, 6) is 0. The Kier molecular flexibility index (Phi) is 3.91. The first-order chi connectivity index (χ1) is 3.81. The number of hydrogen-bond acceptors (Lipinski definition) is 5. The minimum absolute atomic E-state index is 0.952. The number of hydrogen-bond donors (Lipinski definition) is 0. The Morgan fingerprint density at radius 1 is 1.38 bits per heavy atom. The van der Waals surface area contributed by atoms with Crippen LogP contribution in [0.3, 0.4) is 0 Å². The lowest BCUT2D eigenvalue weighted by atomic mass is 11.4. The summed E-state index contributed by atoms with van der Waals surface area (Å²) >= 11 is 0. The Morgan fingerprint density at radius 3 is 2.38 bits per heavy atom. The molecule has 0 fully saturated rings. The number of carbonyl (C=O) groups is 1. The third kappa shape index (κ3) is 3.38. The standard InChI is InChI=1S/C3H6O5/c1-5-3(4)7-8-6-2/h1-2H3. The van der Waals surface area contributed by atoms with Crippen molar-refractivity contribution < 1.29 is 24.3 Å². The summed E-state index contributed by atoms with van der Waals surface area (Å²) in [5.41, 5.74) is 0. The van der Waals surface area contributed by atoms with Crippen LogP contribution in [0.4, 0.5) is 4.79 Å². The number of carbonyl (C=O) groups excluding carboxylic acids is 1. The van der Waals surface area contributed by atoms with Crippen molar-refractivity contribution in [3.05, 3.63) is 0 Å². The van der Waals surface area contributed by atoms with Crippen LogP contribution in [-0.4, -0.2) is 20.4 Å². The average Bonchev–Trinajstić information content (AvgIpc) is 1.83. The van der Waals surface area contributed by atoms with Gasteiger partial charge < -0.3 is 4.74 Å². The summed E-state index contributed by atoms with van der Waals surface area (Å²) in [7, 11) is 2.35. The van der Waals surface area contributed by atoms with Crippen molar-refractivity contribution in [2.24, 2.45) is 0 Å². The Bertz CT molecular complexity index is 70.1. The molecule has 0 radical (unpaired) electrons. The summed E-state index contributed by atoms with van der Waals surface area (Å²) in [6, 6.07) is 0. The normalized spacial score (nSPS) is 8.25. The molecule has 0 aliphatic heterocycles. The van der Waals surface area contributed by atoms with Crippen LogP contribution >= 0.6 is 0 Å². The largest absolute Gasteiger partial charge is 0.542 e. The van der Waals surface area contributed by atoms with Gasteiger partial charge in [0.2, 0.25) is 0 Å². The highest BCUT2D eigenvalue weighted by Gasteiger charge is 1.98. The molecule has 0 atom stereocenters. The van der Waals surface area contributed by atoms with E-state index in [2.05, 4.69) is 19.6 Å². The number of methoxy groups -OCH3 is 1. The van der Waals surface area contributed by atoms with Gasteiger partial charge >= 0.3 is 6.16 Å². The van der Waals surface area contributed by atoms with Crippen molar-refractivity contribution in [3.63, 3.8) is 0 Å². The van der Waals surface area contributed by atoms with Crippen LogP contribution in [0.2, 0.25) is 0 Å². The molecule has 0 aromatic heterocycles. The molecular formula is C3H6O5. The lowest BCUT2D eigenvalue weighted by molar-refractivity contribution is -0.474. The highest BCUT2D eigenvalue weighted by atomic mass is 17.5. The van der Waals surface area contributed by atoms with Gasteiger partial charge in [-0.3, -0.25) is 0 Å². The molecule has 0 saturated carbocycles. The molecule has 0 bridgehead atoms. The molecule has 8 heavy (non-hydrogen) atoms. The first kappa shape index (κ1) is 7.19. The molecule has 0 saturated heterocycles. The van der Waals surface area contributed by atoms with Crippen LogP contribution in [0, 0.1) is 0 Å². The van der Waals surface area contributed by atoms with Crippen molar-refractivity contribution in [1.29, 1.82) is 0 Å². The zero-order valence-corrected chi connectivity index (χ0v) is 4.54. The van der Waals surface area contributed by atoms with E-state index in [0.29, 0.717) is 0 Å². The summed E-state index contributed by atoms with van der Waals surface area (Å²) < 4.78 is 3.99. The van der Waals surface area contributed by atoms with E-state index in [1.54, 1.807) is 0 Å². The zero-order valence-electron chi connectivity index (χ0n) is 4.54. The minimum Gasteiger partial charge on any atom is -0.436 e. The second-order valence-electron chi connectivity index (χ2n) is 0.772. The molecule has 0 aromatic rings. The molecule has 0 unspecified atom stereocenters. The van der Waals surface area contributed by atoms with Gasteiger partial charge in [0.25, 0.3) is 0 Å². The van der Waals surface area contributed by atoms with Crippen LogP contribution in [0.25, 0.3) is 0 Å². The number of ether oxygens (including phenoxy) is 1. The van der Waals surface area contributed by atoms with Gasteiger partial charge in [-0.2, -0.15) is 4.89 Å². The van der Waals surface area contributed by atoms with E-state index in [4.69, 9.17) is 0 Å². The molecule has 0 aromatic carbocycles. The van der Waals surface area contributed by atoms with Gasteiger partial charge in [-0.1, -0.05) is 0 Å². The fourth-order valence-electron chi connectivity index (χ4n) is 0.0958. The Hall–Kier alpha value is -0.810. The third-order valence-corrected chi connectivity index (χ3v) is 0.337. The summed E-state index contributed by atoms with van der Waals surface area (Å²) in [6.07, 6.45) is -0.952. The third-order valence-electron chi connectivity index (χ3n) is 0.337. The van der Waals surface area contributed by atoms with Crippen molar-refractivity contribution in [1.82, 2.24) is 0 Å². The molecule has 5 nitrogen and oxygen atoms in total. The second kappa shape index (κ2) is 4.35. The van der Waals surface area contributed by atoms with Crippen LogP contribution in [-0.2, 0) is 19.6 Å². The van der Waals surface area contributed by atoms with Crippen molar-refractivity contribution >= 4 is 6.16 Å².